The van der Waals surface area contributed by atoms with E-state index in [1.165, 1.54) is 13.2 Å². The number of hydrogen-bond acceptors (Lipinski definition) is 4. The second-order valence-corrected chi connectivity index (χ2v) is 4.36. The SMILES string of the molecule is CCOc1cc(/C=C(/C#N)C(N)=O)cc(Br)c1OC. The molecule has 1 aromatic carbocycles. The van der Waals surface area contributed by atoms with Crippen LogP contribution < -0.4 is 15.2 Å². The van der Waals surface area contributed by atoms with Gasteiger partial charge < -0.3 is 15.2 Å². The van der Waals surface area contributed by atoms with Crippen LogP contribution in [0.4, 0.5) is 0 Å². The number of amides is 1. The summed E-state index contributed by atoms with van der Waals surface area (Å²) in [7, 11) is 1.53. The minimum Gasteiger partial charge on any atom is -0.492 e. The molecule has 0 aliphatic rings. The van der Waals surface area contributed by atoms with Gasteiger partial charge in [-0.2, -0.15) is 5.26 Å². The van der Waals surface area contributed by atoms with Crippen molar-refractivity contribution in [2.45, 2.75) is 6.92 Å². The average molecular weight is 325 g/mol. The molecule has 1 rings (SSSR count). The molecule has 0 atom stereocenters. The lowest BCUT2D eigenvalue weighted by Crippen LogP contribution is -2.12. The summed E-state index contributed by atoms with van der Waals surface area (Å²) in [6, 6.07) is 5.13. The van der Waals surface area contributed by atoms with Crippen LogP contribution in [0.3, 0.4) is 0 Å². The van der Waals surface area contributed by atoms with Crippen molar-refractivity contribution in [2.24, 2.45) is 5.73 Å². The fourth-order valence-electron chi connectivity index (χ4n) is 1.46. The van der Waals surface area contributed by atoms with E-state index in [-0.39, 0.29) is 5.57 Å². The van der Waals surface area contributed by atoms with Crippen LogP contribution in [0.1, 0.15) is 12.5 Å². The lowest BCUT2D eigenvalue weighted by atomic mass is 10.1. The smallest absolute Gasteiger partial charge is 0.259 e. The molecule has 2 N–H and O–H groups in total. The number of halogens is 1. The lowest BCUT2D eigenvalue weighted by Gasteiger charge is -2.12. The molecule has 0 saturated heterocycles. The van der Waals surface area contributed by atoms with Gasteiger partial charge >= 0.3 is 0 Å². The van der Waals surface area contributed by atoms with Crippen LogP contribution >= 0.6 is 15.9 Å². The van der Waals surface area contributed by atoms with Crippen LogP contribution in [0.25, 0.3) is 6.08 Å². The van der Waals surface area contributed by atoms with Gasteiger partial charge in [0.1, 0.15) is 11.6 Å². The molecule has 0 bridgehead atoms. The molecule has 19 heavy (non-hydrogen) atoms. The van der Waals surface area contributed by atoms with Crippen molar-refractivity contribution in [2.75, 3.05) is 13.7 Å². The van der Waals surface area contributed by atoms with Crippen LogP contribution in [0.2, 0.25) is 0 Å². The predicted molar refractivity (Wildman–Crippen MR) is 74.6 cm³/mol. The first kappa shape index (κ1) is 15.1. The van der Waals surface area contributed by atoms with Gasteiger partial charge in [-0.3, -0.25) is 4.79 Å². The van der Waals surface area contributed by atoms with Crippen molar-refractivity contribution in [3.63, 3.8) is 0 Å². The molecule has 5 nitrogen and oxygen atoms in total. The van der Waals surface area contributed by atoms with Crippen LogP contribution in [-0.2, 0) is 4.79 Å². The van der Waals surface area contributed by atoms with Crippen molar-refractivity contribution in [1.29, 1.82) is 5.26 Å². The molecule has 6 heteroatoms. The summed E-state index contributed by atoms with van der Waals surface area (Å²) in [5.41, 5.74) is 5.58. The largest absolute Gasteiger partial charge is 0.492 e. The lowest BCUT2D eigenvalue weighted by molar-refractivity contribution is -0.114. The Labute approximate surface area is 119 Å². The second-order valence-electron chi connectivity index (χ2n) is 3.50. The molecule has 0 aliphatic carbocycles. The summed E-state index contributed by atoms with van der Waals surface area (Å²) in [6.45, 7) is 2.32. The van der Waals surface area contributed by atoms with Gasteiger partial charge in [-0.25, -0.2) is 0 Å². The Hall–Kier alpha value is -2.00. The van der Waals surface area contributed by atoms with Crippen molar-refractivity contribution in [3.8, 4) is 17.6 Å². The number of methoxy groups -OCH3 is 1. The number of nitrogens with zero attached hydrogens (tertiary/aromatic N) is 1. The first-order valence-corrected chi connectivity index (χ1v) is 6.24. The van der Waals surface area contributed by atoms with Gasteiger partial charge in [0.05, 0.1) is 18.2 Å². The van der Waals surface area contributed by atoms with E-state index in [0.29, 0.717) is 28.1 Å². The number of carbonyl (C=O) groups excluding carboxylic acids is 1. The van der Waals surface area contributed by atoms with E-state index < -0.39 is 5.91 Å². The van der Waals surface area contributed by atoms with Crippen LogP contribution in [0.5, 0.6) is 11.5 Å². The molecule has 0 aromatic heterocycles. The summed E-state index contributed by atoms with van der Waals surface area (Å²) in [4.78, 5) is 11.0. The Morgan fingerprint density at radius 2 is 2.26 bits per heavy atom. The summed E-state index contributed by atoms with van der Waals surface area (Å²) in [5, 5.41) is 8.81. The van der Waals surface area contributed by atoms with Gasteiger partial charge in [0, 0.05) is 0 Å². The molecule has 0 spiro atoms. The van der Waals surface area contributed by atoms with Gasteiger partial charge in [-0.05, 0) is 46.6 Å². The fourth-order valence-corrected chi connectivity index (χ4v) is 2.08. The number of nitriles is 1. The van der Waals surface area contributed by atoms with E-state index in [2.05, 4.69) is 15.9 Å². The van der Waals surface area contributed by atoms with E-state index in [4.69, 9.17) is 20.5 Å². The number of nitrogens with two attached hydrogens (primary N) is 1. The fraction of sp³-hybridized carbons (Fsp3) is 0.231. The monoisotopic (exact) mass is 324 g/mol. The minimum absolute atomic E-state index is 0.125. The highest BCUT2D eigenvalue weighted by atomic mass is 79.9. The third kappa shape index (κ3) is 3.73. The Balaban J connectivity index is 3.32. The van der Waals surface area contributed by atoms with Crippen molar-refractivity contribution < 1.29 is 14.3 Å². The normalized spacial score (nSPS) is 10.7. The van der Waals surface area contributed by atoms with Gasteiger partial charge in [0.15, 0.2) is 11.5 Å². The second kappa shape index (κ2) is 6.81. The standard InChI is InChI=1S/C13H13BrN2O3/c1-3-19-11-6-8(4-9(7-15)13(16)17)5-10(14)12(11)18-2/h4-6H,3H2,1-2H3,(H2,16,17)/b9-4-. The highest BCUT2D eigenvalue weighted by molar-refractivity contribution is 9.10. The Morgan fingerprint density at radius 3 is 2.74 bits per heavy atom. The third-order valence-electron chi connectivity index (χ3n) is 2.23. The van der Waals surface area contributed by atoms with Crippen LogP contribution in [0.15, 0.2) is 22.2 Å². The Kier molecular flexibility index (Phi) is 5.39. The topological polar surface area (TPSA) is 85.3 Å². The van der Waals surface area contributed by atoms with E-state index in [1.807, 2.05) is 6.92 Å². The number of benzene rings is 1. The average Bonchev–Trinajstić information content (AvgIpc) is 2.35. The maximum Gasteiger partial charge on any atom is 0.259 e. The van der Waals surface area contributed by atoms with Gasteiger partial charge in [-0.1, -0.05) is 0 Å². The molecule has 0 radical (unpaired) electrons. The summed E-state index contributed by atoms with van der Waals surface area (Å²) < 4.78 is 11.3. The van der Waals surface area contributed by atoms with Crippen LogP contribution in [-0.4, -0.2) is 19.6 Å². The predicted octanol–water partition coefficient (Wildman–Crippen LogP) is 2.25. The maximum atomic E-state index is 11.0. The quantitative estimate of drug-likeness (QED) is 0.664. The zero-order valence-electron chi connectivity index (χ0n) is 10.6. The van der Waals surface area contributed by atoms with E-state index >= 15 is 0 Å². The van der Waals surface area contributed by atoms with Gasteiger partial charge in [-0.15, -0.1) is 0 Å². The number of primary amides is 1. The Bertz CT molecular complexity index is 562. The molecule has 1 aromatic rings. The highest BCUT2D eigenvalue weighted by Gasteiger charge is 2.11. The molecular formula is C13H13BrN2O3. The number of rotatable bonds is 5. The van der Waals surface area contributed by atoms with Crippen molar-refractivity contribution in [3.05, 3.63) is 27.7 Å². The molecule has 100 valence electrons. The summed E-state index contributed by atoms with van der Waals surface area (Å²) in [6.07, 6.45) is 1.40. The summed E-state index contributed by atoms with van der Waals surface area (Å²) in [5.74, 6) is 0.302. The van der Waals surface area contributed by atoms with Gasteiger partial charge in [0.25, 0.3) is 5.91 Å². The molecule has 0 unspecified atom stereocenters. The highest BCUT2D eigenvalue weighted by Crippen LogP contribution is 2.37. The number of hydrogen-bond donors (Lipinski definition) is 1. The number of carbonyl (C=O) groups is 1. The van der Waals surface area contributed by atoms with E-state index in [0.717, 1.165) is 0 Å². The molecular weight excluding hydrogens is 312 g/mol. The molecule has 1 amide bonds. The molecule has 0 aliphatic heterocycles. The zero-order valence-corrected chi connectivity index (χ0v) is 12.2. The van der Waals surface area contributed by atoms with Crippen molar-refractivity contribution >= 4 is 27.9 Å². The molecule has 0 fully saturated rings. The first-order chi connectivity index (χ1) is 9.03. The van der Waals surface area contributed by atoms with Crippen LogP contribution in [0, 0.1) is 11.3 Å². The van der Waals surface area contributed by atoms with Gasteiger partial charge in [0.2, 0.25) is 0 Å². The first-order valence-electron chi connectivity index (χ1n) is 5.45. The third-order valence-corrected chi connectivity index (χ3v) is 2.82. The van der Waals surface area contributed by atoms with E-state index in [9.17, 15) is 4.79 Å². The minimum atomic E-state index is -0.771. The zero-order chi connectivity index (χ0) is 14.4. The van der Waals surface area contributed by atoms with E-state index in [1.54, 1.807) is 18.2 Å². The molecule has 0 saturated carbocycles. The van der Waals surface area contributed by atoms with Crippen molar-refractivity contribution in [1.82, 2.24) is 0 Å². The summed E-state index contributed by atoms with van der Waals surface area (Å²) >= 11 is 3.34. The Morgan fingerprint density at radius 1 is 1.58 bits per heavy atom. The maximum absolute atomic E-state index is 11.0. The number of ether oxygens (including phenoxy) is 2. The molecule has 0 heterocycles.